The van der Waals surface area contributed by atoms with Crippen molar-refractivity contribution in [2.75, 3.05) is 27.2 Å². The number of cyclic esters (lactones) is 1. The van der Waals surface area contributed by atoms with E-state index in [1.165, 1.54) is 7.11 Å². The van der Waals surface area contributed by atoms with Crippen LogP contribution in [-0.4, -0.2) is 140 Å². The van der Waals surface area contributed by atoms with Gasteiger partial charge in [-0.1, -0.05) is 39.8 Å². The summed E-state index contributed by atoms with van der Waals surface area (Å²) in [4.78, 5) is 65.8. The fraction of sp³-hybridized carbons (Fsp3) is 0.654. The molecule has 17 heteroatoms. The highest BCUT2D eigenvalue weighted by Gasteiger charge is 2.61. The first-order chi connectivity index (χ1) is 32.7. The van der Waals surface area contributed by atoms with Crippen molar-refractivity contribution >= 4 is 23.8 Å². The van der Waals surface area contributed by atoms with Crippen LogP contribution < -0.4 is 0 Å². The van der Waals surface area contributed by atoms with Crippen LogP contribution in [-0.2, 0) is 55.8 Å². The maximum Gasteiger partial charge on any atom is 0.410 e. The second kappa shape index (κ2) is 22.4. The Balaban J connectivity index is 1.37. The number of rotatable bonds is 16. The molecule has 0 aliphatic carbocycles. The zero-order valence-electron chi connectivity index (χ0n) is 42.4. The first kappa shape index (κ1) is 53.4. The third-order valence-corrected chi connectivity index (χ3v) is 14.9. The fourth-order valence-corrected chi connectivity index (χ4v) is 11.2. The van der Waals surface area contributed by atoms with Gasteiger partial charge in [0.2, 0.25) is 0 Å². The summed E-state index contributed by atoms with van der Waals surface area (Å²) < 4.78 is 46.3. The SMILES string of the molecule is C=CCN(C)[C@H]1C[C@@H](C)O[C@@](C)(O[C@@H]2[C@@H](C)C(OC(=O)Cc3cccnc3)[C@@H](C)C(=O)O[C@H](CC)[C@@]3(C)OC(=O)N(CCCCn4cc(-c5ccoc5)cn4)[C@@H]3[C@@H](C)C(=O)[C@H](C)C[C@@]2(C)OC)[C@@H]1O. The first-order valence-corrected chi connectivity index (χ1v) is 24.5. The maximum atomic E-state index is 15.1. The highest BCUT2D eigenvalue weighted by atomic mass is 16.7. The minimum atomic E-state index is -1.65. The summed E-state index contributed by atoms with van der Waals surface area (Å²) in [5.74, 6) is -6.60. The van der Waals surface area contributed by atoms with Gasteiger partial charge in [-0.15, -0.1) is 6.58 Å². The van der Waals surface area contributed by atoms with E-state index in [0.717, 1.165) is 11.1 Å². The molecule has 3 fully saturated rings. The summed E-state index contributed by atoms with van der Waals surface area (Å²) in [6.07, 6.45) is 8.42. The van der Waals surface area contributed by atoms with Gasteiger partial charge in [0, 0.05) is 80.3 Å². The minimum absolute atomic E-state index is 0.0957. The zero-order chi connectivity index (χ0) is 50.4. The van der Waals surface area contributed by atoms with E-state index in [-0.39, 0.29) is 37.7 Å². The van der Waals surface area contributed by atoms with Crippen molar-refractivity contribution in [3.63, 3.8) is 0 Å². The molecule has 1 N–H and O–H groups in total. The molecule has 0 aromatic carbocycles. The number of Topliss-reactive ketones (excluding diaryl/α,β-unsaturated/α-hetero) is 1. The Hall–Kier alpha value is -4.94. The van der Waals surface area contributed by atoms with E-state index in [1.807, 2.05) is 56.6 Å². The van der Waals surface area contributed by atoms with Gasteiger partial charge in [0.05, 0.1) is 54.9 Å². The summed E-state index contributed by atoms with van der Waals surface area (Å²) in [6, 6.07) is 4.11. The van der Waals surface area contributed by atoms with Crippen LogP contribution in [0, 0.1) is 23.7 Å². The van der Waals surface area contributed by atoms with E-state index in [0.29, 0.717) is 37.9 Å². The van der Waals surface area contributed by atoms with Crippen LogP contribution in [0.3, 0.4) is 0 Å². The number of aryl methyl sites for hydroxylation is 1. The summed E-state index contributed by atoms with van der Waals surface area (Å²) in [6.45, 7) is 21.3. The Bertz CT molecular complexity index is 2200. The van der Waals surface area contributed by atoms with Gasteiger partial charge in [0.25, 0.3) is 0 Å². The predicted molar refractivity (Wildman–Crippen MR) is 255 cm³/mol. The number of aliphatic hydroxyl groups is 1. The lowest BCUT2D eigenvalue weighted by Gasteiger charge is -2.52. The van der Waals surface area contributed by atoms with Crippen molar-refractivity contribution in [2.24, 2.45) is 23.7 Å². The van der Waals surface area contributed by atoms with Gasteiger partial charge >= 0.3 is 18.0 Å². The van der Waals surface area contributed by atoms with Crippen LogP contribution in [0.5, 0.6) is 0 Å². The monoisotopic (exact) mass is 962 g/mol. The normalized spacial score (nSPS) is 34.7. The summed E-state index contributed by atoms with van der Waals surface area (Å²) in [5, 5.41) is 16.7. The molecule has 0 saturated carbocycles. The number of ether oxygens (including phenoxy) is 6. The van der Waals surface area contributed by atoms with E-state index in [1.54, 1.807) is 88.8 Å². The van der Waals surface area contributed by atoms with Crippen LogP contribution >= 0.6 is 0 Å². The molecule has 3 saturated heterocycles. The summed E-state index contributed by atoms with van der Waals surface area (Å²) >= 11 is 0. The number of fused-ring (bicyclic) bond motifs is 1. The fourth-order valence-electron chi connectivity index (χ4n) is 11.2. The number of pyridine rings is 1. The van der Waals surface area contributed by atoms with Gasteiger partial charge in [-0.3, -0.25) is 28.9 Å². The van der Waals surface area contributed by atoms with Crippen LogP contribution in [0.15, 0.2) is 72.6 Å². The molecule has 0 bridgehead atoms. The van der Waals surface area contributed by atoms with Crippen LogP contribution in [0.1, 0.15) is 100.0 Å². The number of hydrogen-bond acceptors (Lipinski definition) is 15. The first-order valence-electron chi connectivity index (χ1n) is 24.5. The third kappa shape index (κ3) is 11.6. The van der Waals surface area contributed by atoms with Crippen molar-refractivity contribution in [3.8, 4) is 11.1 Å². The largest absolute Gasteiger partial charge is 0.472 e. The lowest BCUT2D eigenvalue weighted by molar-refractivity contribution is -0.358. The number of aliphatic hydroxyl groups excluding tert-OH is 1. The Morgan fingerprint density at radius 1 is 1.04 bits per heavy atom. The second-order valence-corrected chi connectivity index (χ2v) is 20.1. The molecule has 3 aromatic heterocycles. The number of amides is 1. The van der Waals surface area contributed by atoms with E-state index in [2.05, 4.69) is 16.7 Å². The third-order valence-electron chi connectivity index (χ3n) is 14.9. The lowest BCUT2D eigenvalue weighted by atomic mass is 9.73. The average molecular weight is 962 g/mol. The number of carbonyl (C=O) groups excluding carboxylic acids is 4. The van der Waals surface area contributed by atoms with Gasteiger partial charge in [-0.05, 0) is 91.5 Å². The van der Waals surface area contributed by atoms with E-state index >= 15 is 4.79 Å². The molecule has 1 amide bonds. The Labute approximate surface area is 407 Å². The minimum Gasteiger partial charge on any atom is -0.472 e. The van der Waals surface area contributed by atoms with E-state index < -0.39 is 95.2 Å². The number of carbonyl (C=O) groups is 4. The standard InChI is InChI=1S/C52H75N5O12/c1-13-21-55(11)40-25-33(4)67-52(10,46(40)60)68-47-35(6)44(66-42(58)26-37-18-17-20-53-28-37)36(7)48(61)65-41(14-2)51(9)45(34(5)43(59)32(3)27-50(47,8)63-12)57(49(62)69-51)23-16-15-22-56-30-39(29-54-56)38-19-24-64-31-38/h13,17-20,24,28-36,40-41,44-47,60H,1,14-16,21-23,25-27H2,2-12H3/t32-,33-,34+,35+,36-,40+,41-,44?,45-,46-,47-,50-,51-,52+/m1/s1. The molecule has 1 unspecified atom stereocenters. The molecule has 3 aromatic rings. The zero-order valence-corrected chi connectivity index (χ0v) is 42.4. The van der Waals surface area contributed by atoms with Gasteiger partial charge < -0.3 is 42.8 Å². The molecule has 6 heterocycles. The van der Waals surface area contributed by atoms with Crippen molar-refractivity contribution in [2.45, 2.75) is 167 Å². The number of ketones is 1. The van der Waals surface area contributed by atoms with E-state index in [9.17, 15) is 19.5 Å². The Morgan fingerprint density at radius 2 is 1.78 bits per heavy atom. The van der Waals surface area contributed by atoms with Crippen LogP contribution in [0.2, 0.25) is 0 Å². The average Bonchev–Trinajstić information content (AvgIpc) is 4.08. The second-order valence-electron chi connectivity index (χ2n) is 20.1. The summed E-state index contributed by atoms with van der Waals surface area (Å²) in [5.41, 5.74) is -0.341. The van der Waals surface area contributed by atoms with Crippen molar-refractivity contribution in [1.82, 2.24) is 24.6 Å². The highest BCUT2D eigenvalue weighted by Crippen LogP contribution is 2.45. The van der Waals surface area contributed by atoms with Gasteiger partial charge in [-0.2, -0.15) is 5.10 Å². The Morgan fingerprint density at radius 3 is 2.43 bits per heavy atom. The van der Waals surface area contributed by atoms with Crippen molar-refractivity contribution < 1.29 is 57.1 Å². The van der Waals surface area contributed by atoms with Crippen LogP contribution in [0.4, 0.5) is 4.79 Å². The van der Waals surface area contributed by atoms with Crippen molar-refractivity contribution in [3.05, 3.63) is 73.7 Å². The number of furan rings is 1. The number of esters is 2. The molecular formula is C52H75N5O12. The lowest BCUT2D eigenvalue weighted by Crippen LogP contribution is -2.65. The number of methoxy groups -OCH3 is 1. The highest BCUT2D eigenvalue weighted by molar-refractivity contribution is 5.85. The molecule has 380 valence electrons. The topological polar surface area (TPSA) is 194 Å². The molecule has 14 atom stereocenters. The molecule has 3 aliphatic heterocycles. The molecule has 6 rings (SSSR count). The molecule has 0 spiro atoms. The number of hydrogen-bond donors (Lipinski definition) is 1. The molecule has 0 radical (unpaired) electrons. The smallest absolute Gasteiger partial charge is 0.410 e. The number of likely N-dealkylation sites (N-methyl/N-ethyl adjacent to an activating group) is 1. The van der Waals surface area contributed by atoms with E-state index in [4.69, 9.17) is 32.8 Å². The molecule has 3 aliphatic rings. The predicted octanol–water partition coefficient (Wildman–Crippen LogP) is 7.05. The molecule has 17 nitrogen and oxygen atoms in total. The quantitative estimate of drug-likeness (QED) is 0.0664. The molecular weight excluding hydrogens is 887 g/mol. The maximum absolute atomic E-state index is 15.1. The van der Waals surface area contributed by atoms with Gasteiger partial charge in [0.15, 0.2) is 11.4 Å². The van der Waals surface area contributed by atoms with Crippen molar-refractivity contribution in [1.29, 1.82) is 0 Å². The van der Waals surface area contributed by atoms with Gasteiger partial charge in [-0.25, -0.2) is 4.79 Å². The number of unbranched alkanes of at least 4 members (excludes halogenated alkanes) is 1. The number of aromatic nitrogens is 3. The number of nitrogens with zero attached hydrogens (tertiary/aromatic N) is 5. The summed E-state index contributed by atoms with van der Waals surface area (Å²) in [7, 11) is 3.42. The van der Waals surface area contributed by atoms with Gasteiger partial charge in [0.1, 0.15) is 24.1 Å². The molecule has 69 heavy (non-hydrogen) atoms. The Kier molecular flexibility index (Phi) is 17.4. The van der Waals surface area contributed by atoms with Crippen LogP contribution in [0.25, 0.3) is 11.1 Å².